The summed E-state index contributed by atoms with van der Waals surface area (Å²) in [4.78, 5) is 0. The van der Waals surface area contributed by atoms with E-state index in [1.165, 1.54) is 29.5 Å². The molecule has 0 saturated carbocycles. The summed E-state index contributed by atoms with van der Waals surface area (Å²) in [5.41, 5.74) is 4.27. The van der Waals surface area contributed by atoms with Crippen LogP contribution in [-0.2, 0) is 4.65 Å². The van der Waals surface area contributed by atoms with E-state index >= 15 is 0 Å². The highest BCUT2D eigenvalue weighted by Crippen LogP contribution is 2.34. The van der Waals surface area contributed by atoms with Gasteiger partial charge in [0.15, 0.2) is 0 Å². The molecule has 0 amide bonds. The first-order valence-electron chi connectivity index (χ1n) is 6.01. The van der Waals surface area contributed by atoms with Gasteiger partial charge in [0.2, 0.25) is 0 Å². The second-order valence-corrected chi connectivity index (χ2v) is 4.86. The summed E-state index contributed by atoms with van der Waals surface area (Å²) >= 11 is 0. The van der Waals surface area contributed by atoms with E-state index in [2.05, 4.69) is 32.5 Å². The lowest BCUT2D eigenvalue weighted by atomic mass is 9.54. The van der Waals surface area contributed by atoms with Gasteiger partial charge in [0, 0.05) is 0 Å². The summed E-state index contributed by atoms with van der Waals surface area (Å²) in [7, 11) is 0. The summed E-state index contributed by atoms with van der Waals surface area (Å²) in [6, 6.07) is 0. The van der Waals surface area contributed by atoms with Crippen LogP contribution in [0.4, 0.5) is 0 Å². The second-order valence-electron chi connectivity index (χ2n) is 4.86. The molecule has 2 aliphatic rings. The van der Waals surface area contributed by atoms with Gasteiger partial charge in [-0.15, -0.1) is 0 Å². The highest BCUT2D eigenvalue weighted by Gasteiger charge is 2.28. The lowest BCUT2D eigenvalue weighted by Gasteiger charge is -2.28. The van der Waals surface area contributed by atoms with Gasteiger partial charge in [0.25, 0.3) is 0 Å². The molecule has 0 radical (unpaired) electrons. The Morgan fingerprint density at radius 2 is 2.31 bits per heavy atom. The fraction of sp³-hybridized carbons (Fsp3) is 0.429. The normalized spacial score (nSPS) is 24.6. The average molecular weight is 214 g/mol. The molecule has 1 aliphatic heterocycles. The van der Waals surface area contributed by atoms with Gasteiger partial charge in [-0.05, 0) is 45.1 Å². The molecule has 1 heterocycles. The summed E-state index contributed by atoms with van der Waals surface area (Å²) in [5, 5.41) is 0. The Morgan fingerprint density at radius 1 is 1.50 bits per heavy atom. The lowest BCUT2D eigenvalue weighted by molar-refractivity contribution is 0.482. The Bertz CT molecular complexity index is 376. The van der Waals surface area contributed by atoms with Crippen LogP contribution < -0.4 is 0 Å². The van der Waals surface area contributed by atoms with Crippen molar-refractivity contribution in [2.24, 2.45) is 5.92 Å². The molecule has 1 aliphatic carbocycles. The zero-order chi connectivity index (χ0) is 11.5. The summed E-state index contributed by atoms with van der Waals surface area (Å²) in [5.74, 6) is 2.78. The quantitative estimate of drug-likeness (QED) is 0.501. The average Bonchev–Trinajstić information content (AvgIpc) is 2.30. The number of hydrogen-bond acceptors (Lipinski definition) is 1. The van der Waals surface area contributed by atoms with Gasteiger partial charge in [-0.1, -0.05) is 35.2 Å². The smallest absolute Gasteiger partial charge is 0.414 e. The minimum absolute atomic E-state index is 0.159. The maximum atomic E-state index is 5.66. The zero-order valence-corrected chi connectivity index (χ0v) is 10.2. The standard InChI is InChI=1S/C14H19BO/c1-11(2)13-7-6-12(3)14(10-13)15-8-4-5-9-16-15/h4-5,8-9,13H,1,6-7,10H2,2-3H3/t13-/m1/s1. The van der Waals surface area contributed by atoms with Gasteiger partial charge in [-0.3, -0.25) is 0 Å². The van der Waals surface area contributed by atoms with Crippen molar-refractivity contribution >= 4 is 6.92 Å². The van der Waals surface area contributed by atoms with Crippen molar-refractivity contribution in [3.63, 3.8) is 0 Å². The first-order chi connectivity index (χ1) is 7.68. The molecule has 84 valence electrons. The molecule has 2 rings (SSSR count). The minimum atomic E-state index is 0.159. The lowest BCUT2D eigenvalue weighted by Crippen LogP contribution is -2.24. The molecular formula is C14H19BO. The third kappa shape index (κ3) is 2.32. The van der Waals surface area contributed by atoms with Crippen LogP contribution in [0.5, 0.6) is 0 Å². The van der Waals surface area contributed by atoms with Gasteiger partial charge < -0.3 is 4.65 Å². The van der Waals surface area contributed by atoms with Crippen LogP contribution >= 0.6 is 0 Å². The van der Waals surface area contributed by atoms with E-state index in [1.54, 1.807) is 6.26 Å². The molecule has 0 fully saturated rings. The first kappa shape index (κ1) is 11.3. The molecule has 0 unspecified atom stereocenters. The Balaban J connectivity index is 2.15. The molecule has 0 N–H and O–H groups in total. The highest BCUT2D eigenvalue weighted by molar-refractivity contribution is 6.66. The Hall–Kier alpha value is -1.18. The van der Waals surface area contributed by atoms with Gasteiger partial charge in [0.05, 0.1) is 6.26 Å². The minimum Gasteiger partial charge on any atom is -0.557 e. The van der Waals surface area contributed by atoms with E-state index in [1.807, 2.05) is 6.08 Å². The third-order valence-corrected chi connectivity index (χ3v) is 3.62. The number of rotatable bonds is 2. The van der Waals surface area contributed by atoms with E-state index in [4.69, 9.17) is 4.65 Å². The molecule has 0 aromatic carbocycles. The molecule has 2 heteroatoms. The van der Waals surface area contributed by atoms with E-state index in [-0.39, 0.29) is 6.92 Å². The molecule has 0 aromatic rings. The highest BCUT2D eigenvalue weighted by atomic mass is 16.4. The largest absolute Gasteiger partial charge is 0.557 e. The zero-order valence-electron chi connectivity index (χ0n) is 10.2. The maximum Gasteiger partial charge on any atom is 0.414 e. The third-order valence-electron chi connectivity index (χ3n) is 3.62. The van der Waals surface area contributed by atoms with Crippen LogP contribution in [0.25, 0.3) is 0 Å². The van der Waals surface area contributed by atoms with Crippen molar-refractivity contribution in [1.29, 1.82) is 0 Å². The first-order valence-corrected chi connectivity index (χ1v) is 6.01. The van der Waals surface area contributed by atoms with Crippen molar-refractivity contribution in [3.8, 4) is 0 Å². The van der Waals surface area contributed by atoms with Gasteiger partial charge >= 0.3 is 6.92 Å². The van der Waals surface area contributed by atoms with Gasteiger partial charge in [-0.25, -0.2) is 0 Å². The topological polar surface area (TPSA) is 9.23 Å². The molecule has 0 spiro atoms. The molecular weight excluding hydrogens is 195 g/mol. The van der Waals surface area contributed by atoms with Crippen LogP contribution in [-0.4, -0.2) is 6.92 Å². The fourth-order valence-electron chi connectivity index (χ4n) is 2.46. The molecule has 0 saturated heterocycles. The monoisotopic (exact) mass is 214 g/mol. The maximum absolute atomic E-state index is 5.66. The molecule has 0 aromatic heterocycles. The molecule has 16 heavy (non-hydrogen) atoms. The number of hydrogen-bond donors (Lipinski definition) is 0. The van der Waals surface area contributed by atoms with Crippen molar-refractivity contribution < 1.29 is 4.65 Å². The number of allylic oxidation sites excluding steroid dienone is 5. The fourth-order valence-corrected chi connectivity index (χ4v) is 2.46. The van der Waals surface area contributed by atoms with Crippen molar-refractivity contribution in [2.75, 3.05) is 0 Å². The van der Waals surface area contributed by atoms with Crippen LogP contribution in [0.15, 0.2) is 47.6 Å². The van der Waals surface area contributed by atoms with Crippen molar-refractivity contribution in [1.82, 2.24) is 0 Å². The second kappa shape index (κ2) is 4.77. The Labute approximate surface area is 98.7 Å². The van der Waals surface area contributed by atoms with Crippen LogP contribution in [0.3, 0.4) is 0 Å². The summed E-state index contributed by atoms with van der Waals surface area (Å²) in [6.45, 7) is 8.62. The predicted octanol–water partition coefficient (Wildman–Crippen LogP) is 3.85. The van der Waals surface area contributed by atoms with Crippen LogP contribution in [0.2, 0.25) is 0 Å². The van der Waals surface area contributed by atoms with E-state index < -0.39 is 0 Å². The van der Waals surface area contributed by atoms with Gasteiger partial charge in [0.1, 0.15) is 0 Å². The van der Waals surface area contributed by atoms with Crippen LogP contribution in [0.1, 0.15) is 33.1 Å². The van der Waals surface area contributed by atoms with Gasteiger partial charge in [-0.2, -0.15) is 0 Å². The molecule has 1 nitrogen and oxygen atoms in total. The molecule has 1 atom stereocenters. The van der Waals surface area contributed by atoms with Crippen molar-refractivity contribution in [2.45, 2.75) is 33.1 Å². The Morgan fingerprint density at radius 3 is 2.94 bits per heavy atom. The van der Waals surface area contributed by atoms with E-state index in [0.29, 0.717) is 5.92 Å². The van der Waals surface area contributed by atoms with Crippen molar-refractivity contribution in [3.05, 3.63) is 47.6 Å². The molecule has 0 bridgehead atoms. The van der Waals surface area contributed by atoms with Crippen LogP contribution in [0, 0.1) is 5.92 Å². The predicted molar refractivity (Wildman–Crippen MR) is 70.0 cm³/mol. The Kier molecular flexibility index (Phi) is 3.38. The summed E-state index contributed by atoms with van der Waals surface area (Å²) in [6.07, 6.45) is 9.34. The SMILES string of the molecule is C=C(C)[C@@H]1CCC(C)=C(B2C=CC=CO2)C1. The van der Waals surface area contributed by atoms with E-state index in [9.17, 15) is 0 Å². The van der Waals surface area contributed by atoms with E-state index in [0.717, 1.165) is 6.42 Å². The summed E-state index contributed by atoms with van der Waals surface area (Å²) < 4.78 is 5.66.